The molecule has 0 aliphatic rings. The molecular formula is C41H22F8N4. The summed E-state index contributed by atoms with van der Waals surface area (Å²) in [6.07, 6.45) is -9.56. The second-order valence-electron chi connectivity index (χ2n) is 12.2. The third kappa shape index (κ3) is 6.15. The molecule has 0 saturated carbocycles. The fraction of sp³-hybridized carbons (Fsp3) is 0.0488. The molecule has 53 heavy (non-hydrogen) atoms. The van der Waals surface area contributed by atoms with Crippen molar-refractivity contribution in [1.82, 2.24) is 19.5 Å². The number of halogens is 8. The standard InChI is InChI=1S/C41H22F8N4/c42-32-13-7-12-28(36(32)43)25-14-17-35(31(20-25)39-51-37(23-8-3-1-4-9-23)50-38(52-39)24-10-5-2-6-11-24)53-33-18-15-26(40(44,45)46)21-29(33)30-22-27(41(47,48)49)16-19-34(30)53/h1-22H. The van der Waals surface area contributed by atoms with E-state index in [1.807, 2.05) is 12.1 Å². The average Bonchev–Trinajstić information content (AvgIpc) is 3.48. The minimum Gasteiger partial charge on any atom is -0.309 e. The van der Waals surface area contributed by atoms with E-state index in [4.69, 9.17) is 15.0 Å². The Morgan fingerprint density at radius 1 is 0.434 bits per heavy atom. The Labute approximate surface area is 295 Å². The van der Waals surface area contributed by atoms with Crippen LogP contribution < -0.4 is 0 Å². The number of aromatic nitrogens is 4. The fourth-order valence-corrected chi connectivity index (χ4v) is 6.37. The highest BCUT2D eigenvalue weighted by atomic mass is 19.4. The van der Waals surface area contributed by atoms with Crippen LogP contribution in [0.1, 0.15) is 11.1 Å². The van der Waals surface area contributed by atoms with E-state index in [-0.39, 0.29) is 61.7 Å². The van der Waals surface area contributed by atoms with Crippen LogP contribution in [0.4, 0.5) is 35.1 Å². The van der Waals surface area contributed by atoms with Gasteiger partial charge in [-0.15, -0.1) is 0 Å². The number of fused-ring (bicyclic) bond motifs is 3. The van der Waals surface area contributed by atoms with Gasteiger partial charge < -0.3 is 4.57 Å². The van der Waals surface area contributed by atoms with Gasteiger partial charge in [0.2, 0.25) is 0 Å². The zero-order valence-electron chi connectivity index (χ0n) is 27.0. The molecule has 0 saturated heterocycles. The lowest BCUT2D eigenvalue weighted by atomic mass is 10.00. The molecule has 0 bridgehead atoms. The number of rotatable bonds is 5. The molecule has 0 unspecified atom stereocenters. The van der Waals surface area contributed by atoms with Crippen molar-refractivity contribution in [3.63, 3.8) is 0 Å². The smallest absolute Gasteiger partial charge is 0.309 e. The van der Waals surface area contributed by atoms with Crippen LogP contribution in [0.5, 0.6) is 0 Å². The lowest BCUT2D eigenvalue weighted by Gasteiger charge is -2.17. The molecule has 0 atom stereocenters. The predicted molar refractivity (Wildman–Crippen MR) is 186 cm³/mol. The van der Waals surface area contributed by atoms with Crippen molar-refractivity contribution >= 4 is 21.8 Å². The van der Waals surface area contributed by atoms with Crippen molar-refractivity contribution in [3.8, 4) is 51.0 Å². The summed E-state index contributed by atoms with van der Waals surface area (Å²) in [6.45, 7) is 0. The lowest BCUT2D eigenvalue weighted by molar-refractivity contribution is -0.138. The van der Waals surface area contributed by atoms with E-state index in [0.717, 1.165) is 30.3 Å². The SMILES string of the molecule is Fc1cccc(-c2ccc(-n3c4ccc(C(F)(F)F)cc4c4cc(C(F)(F)F)ccc43)c(-c3nc(-c4ccccc4)nc(-c4ccccc4)n3)c2)c1F. The summed E-state index contributed by atoms with van der Waals surface area (Å²) in [5, 5.41) is -0.171. The van der Waals surface area contributed by atoms with Gasteiger partial charge in [-0.05, 0) is 60.2 Å². The number of nitrogens with zero attached hydrogens (tertiary/aromatic N) is 4. The van der Waals surface area contributed by atoms with Crippen LogP contribution in [0, 0.1) is 11.6 Å². The maximum absolute atomic E-state index is 15.2. The van der Waals surface area contributed by atoms with Gasteiger partial charge in [-0.1, -0.05) is 78.9 Å². The molecule has 0 N–H and O–H groups in total. The van der Waals surface area contributed by atoms with Gasteiger partial charge in [-0.2, -0.15) is 26.3 Å². The second kappa shape index (κ2) is 12.7. The van der Waals surface area contributed by atoms with Gasteiger partial charge in [0.05, 0.1) is 27.8 Å². The van der Waals surface area contributed by atoms with E-state index in [2.05, 4.69) is 0 Å². The van der Waals surface area contributed by atoms with Crippen molar-refractivity contribution in [2.24, 2.45) is 0 Å². The molecule has 12 heteroatoms. The van der Waals surface area contributed by atoms with Gasteiger partial charge in [-0.25, -0.2) is 23.7 Å². The molecule has 0 aliphatic heterocycles. The Morgan fingerprint density at radius 3 is 1.45 bits per heavy atom. The zero-order chi connectivity index (χ0) is 37.1. The molecule has 262 valence electrons. The summed E-state index contributed by atoms with van der Waals surface area (Å²) >= 11 is 0. The molecular weight excluding hydrogens is 700 g/mol. The molecule has 6 aromatic carbocycles. The first-order chi connectivity index (χ1) is 25.4. The Kier molecular flexibility index (Phi) is 8.05. The molecule has 0 amide bonds. The summed E-state index contributed by atoms with van der Waals surface area (Å²) in [5.74, 6) is -1.63. The van der Waals surface area contributed by atoms with Crippen molar-refractivity contribution in [1.29, 1.82) is 0 Å². The predicted octanol–water partition coefficient (Wildman–Crippen LogP) is 12.0. The molecule has 0 radical (unpaired) electrons. The first-order valence-electron chi connectivity index (χ1n) is 16.1. The number of hydrogen-bond acceptors (Lipinski definition) is 3. The highest BCUT2D eigenvalue weighted by Gasteiger charge is 2.34. The van der Waals surface area contributed by atoms with E-state index in [0.29, 0.717) is 11.1 Å². The van der Waals surface area contributed by atoms with Crippen LogP contribution in [-0.2, 0) is 12.4 Å². The molecule has 2 heterocycles. The summed E-state index contributed by atoms with van der Waals surface area (Å²) in [5.41, 5.74) is 0.0334. The van der Waals surface area contributed by atoms with Gasteiger partial charge >= 0.3 is 12.4 Å². The van der Waals surface area contributed by atoms with E-state index in [9.17, 15) is 30.7 Å². The van der Waals surface area contributed by atoms with E-state index >= 15 is 4.39 Å². The van der Waals surface area contributed by atoms with Crippen LogP contribution in [0.25, 0.3) is 72.8 Å². The highest BCUT2D eigenvalue weighted by Crippen LogP contribution is 2.42. The molecule has 8 aromatic rings. The minimum absolute atomic E-state index is 0.0557. The minimum atomic E-state index is -4.78. The Balaban J connectivity index is 1.48. The summed E-state index contributed by atoms with van der Waals surface area (Å²) in [6, 6.07) is 31.9. The maximum atomic E-state index is 15.2. The van der Waals surface area contributed by atoms with Crippen molar-refractivity contribution in [2.45, 2.75) is 12.4 Å². The first kappa shape index (κ1) is 33.7. The second-order valence-corrected chi connectivity index (χ2v) is 12.2. The van der Waals surface area contributed by atoms with Gasteiger partial charge in [0.1, 0.15) is 0 Å². The molecule has 0 spiro atoms. The van der Waals surface area contributed by atoms with Crippen LogP contribution in [-0.4, -0.2) is 19.5 Å². The normalized spacial score (nSPS) is 12.2. The number of alkyl halides is 6. The third-order valence-electron chi connectivity index (χ3n) is 8.86. The van der Waals surface area contributed by atoms with Crippen molar-refractivity contribution in [3.05, 3.63) is 156 Å². The fourth-order valence-electron chi connectivity index (χ4n) is 6.37. The monoisotopic (exact) mass is 722 g/mol. The molecule has 8 rings (SSSR count). The topological polar surface area (TPSA) is 43.6 Å². The Bertz CT molecular complexity index is 2540. The Hall–Kier alpha value is -6.43. The lowest BCUT2D eigenvalue weighted by Crippen LogP contribution is -2.05. The summed E-state index contributed by atoms with van der Waals surface area (Å²) in [4.78, 5) is 14.3. The average molecular weight is 723 g/mol. The molecule has 2 aromatic heterocycles. The maximum Gasteiger partial charge on any atom is 0.416 e. The third-order valence-corrected chi connectivity index (χ3v) is 8.86. The van der Waals surface area contributed by atoms with Gasteiger partial charge in [0, 0.05) is 33.0 Å². The molecule has 4 nitrogen and oxygen atoms in total. The first-order valence-corrected chi connectivity index (χ1v) is 16.1. The highest BCUT2D eigenvalue weighted by molar-refractivity contribution is 6.10. The summed E-state index contributed by atoms with van der Waals surface area (Å²) < 4.78 is 115. The molecule has 0 aliphatic carbocycles. The molecule has 0 fully saturated rings. The number of benzene rings is 6. The van der Waals surface area contributed by atoms with Crippen molar-refractivity contribution < 1.29 is 35.1 Å². The van der Waals surface area contributed by atoms with E-state index in [1.54, 1.807) is 48.5 Å². The quantitative estimate of drug-likeness (QED) is 0.166. The van der Waals surface area contributed by atoms with Gasteiger partial charge in [0.25, 0.3) is 0 Å². The van der Waals surface area contributed by atoms with Crippen LogP contribution in [0.2, 0.25) is 0 Å². The van der Waals surface area contributed by atoms with Gasteiger partial charge in [-0.3, -0.25) is 0 Å². The summed E-state index contributed by atoms with van der Waals surface area (Å²) in [7, 11) is 0. The van der Waals surface area contributed by atoms with Crippen LogP contribution in [0.15, 0.2) is 133 Å². The van der Waals surface area contributed by atoms with E-state index < -0.39 is 35.1 Å². The van der Waals surface area contributed by atoms with Crippen molar-refractivity contribution in [2.75, 3.05) is 0 Å². The number of hydrogen-bond donors (Lipinski definition) is 0. The van der Waals surface area contributed by atoms with E-state index in [1.165, 1.54) is 47.0 Å². The Morgan fingerprint density at radius 2 is 0.943 bits per heavy atom. The largest absolute Gasteiger partial charge is 0.416 e. The van der Waals surface area contributed by atoms with Gasteiger partial charge in [0.15, 0.2) is 29.1 Å². The van der Waals surface area contributed by atoms with Crippen LogP contribution in [0.3, 0.4) is 0 Å². The zero-order valence-corrected chi connectivity index (χ0v) is 27.0. The van der Waals surface area contributed by atoms with Crippen LogP contribution >= 0.6 is 0 Å².